The number of ether oxygens (including phenoxy) is 4. The van der Waals surface area contributed by atoms with Gasteiger partial charge < -0.3 is 28.7 Å². The Labute approximate surface area is 281 Å². The number of rotatable bonds is 16. The average molecular weight is 671 g/mol. The standard InChI is InChI=1S/C34H42N4O8.ClH/c1-5-37(6-2)21-23-43-31(39)25-9-13-27(14-10-25)35-33(41)45-29-17-19-30(20-18-29)46-34(42)36-28-15-11-26(12-16-28)32(40)44-24-22-38(7-3)8-4;/h9-20H,5-8,21-24H2,1-4H3,(H,35,41)(H,36,42);1H. The van der Waals surface area contributed by atoms with Gasteiger partial charge in [-0.3, -0.25) is 10.6 Å². The third-order valence-corrected chi connectivity index (χ3v) is 7.05. The molecule has 3 aromatic rings. The highest BCUT2D eigenvalue weighted by Gasteiger charge is 2.12. The van der Waals surface area contributed by atoms with E-state index in [1.807, 2.05) is 27.7 Å². The van der Waals surface area contributed by atoms with Crippen LogP contribution in [0.25, 0.3) is 0 Å². The van der Waals surface area contributed by atoms with Gasteiger partial charge in [-0.05, 0) is 99.0 Å². The Morgan fingerprint density at radius 2 is 0.851 bits per heavy atom. The van der Waals surface area contributed by atoms with Gasteiger partial charge in [0.05, 0.1) is 11.1 Å². The first-order chi connectivity index (χ1) is 22.2. The summed E-state index contributed by atoms with van der Waals surface area (Å²) in [4.78, 5) is 53.5. The number of nitrogens with zero attached hydrogens (tertiary/aromatic N) is 2. The molecule has 0 aromatic heterocycles. The van der Waals surface area contributed by atoms with E-state index >= 15 is 0 Å². The first-order valence-electron chi connectivity index (χ1n) is 15.3. The third kappa shape index (κ3) is 13.3. The predicted molar refractivity (Wildman–Crippen MR) is 182 cm³/mol. The number of carbonyl (C=O) groups excluding carboxylic acids is 4. The van der Waals surface area contributed by atoms with Gasteiger partial charge in [0.25, 0.3) is 0 Å². The van der Waals surface area contributed by atoms with Crippen molar-refractivity contribution in [3.8, 4) is 11.5 Å². The van der Waals surface area contributed by atoms with Crippen molar-refractivity contribution < 1.29 is 38.1 Å². The summed E-state index contributed by atoms with van der Waals surface area (Å²) in [5, 5.41) is 5.18. The van der Waals surface area contributed by atoms with Crippen LogP contribution in [0.2, 0.25) is 0 Å². The van der Waals surface area contributed by atoms with Gasteiger partial charge >= 0.3 is 24.1 Å². The van der Waals surface area contributed by atoms with E-state index in [1.54, 1.807) is 48.5 Å². The van der Waals surface area contributed by atoms with Gasteiger partial charge in [0.2, 0.25) is 0 Å². The number of esters is 2. The second kappa shape index (κ2) is 20.5. The van der Waals surface area contributed by atoms with Crippen molar-refractivity contribution in [2.24, 2.45) is 0 Å². The minimum atomic E-state index is -0.739. The number of benzene rings is 3. The van der Waals surface area contributed by atoms with Gasteiger partial charge in [-0.25, -0.2) is 19.2 Å². The number of halogens is 1. The van der Waals surface area contributed by atoms with Crippen LogP contribution in [0, 0.1) is 0 Å². The third-order valence-electron chi connectivity index (χ3n) is 7.05. The molecule has 0 aliphatic heterocycles. The Bertz CT molecular complexity index is 1300. The Morgan fingerprint density at radius 1 is 0.532 bits per heavy atom. The fourth-order valence-corrected chi connectivity index (χ4v) is 4.24. The van der Waals surface area contributed by atoms with Crippen molar-refractivity contribution in [1.29, 1.82) is 0 Å². The van der Waals surface area contributed by atoms with Gasteiger partial charge in [0, 0.05) is 24.5 Å². The van der Waals surface area contributed by atoms with Gasteiger partial charge in [0.15, 0.2) is 0 Å². The Hall–Kier alpha value is -4.65. The zero-order chi connectivity index (χ0) is 33.3. The molecular weight excluding hydrogens is 628 g/mol. The SMILES string of the molecule is CCN(CC)CCOC(=O)c1ccc(NC(=O)Oc2ccc(OC(=O)Nc3ccc(C(=O)OCCN(CC)CC)cc3)cc2)cc1.Cl. The molecule has 13 heteroatoms. The Kier molecular flexibility index (Phi) is 16.8. The largest absolute Gasteiger partial charge is 0.461 e. The summed E-state index contributed by atoms with van der Waals surface area (Å²) in [6.07, 6.45) is -1.48. The molecule has 47 heavy (non-hydrogen) atoms. The van der Waals surface area contributed by atoms with Gasteiger partial charge in [-0.1, -0.05) is 27.7 Å². The summed E-state index contributed by atoms with van der Waals surface area (Å²) >= 11 is 0. The Balaban J connectivity index is 0.00000768. The van der Waals surface area contributed by atoms with E-state index in [1.165, 1.54) is 24.3 Å². The number of amides is 2. The van der Waals surface area contributed by atoms with Crippen LogP contribution in [0.5, 0.6) is 11.5 Å². The van der Waals surface area contributed by atoms with Crippen molar-refractivity contribution >= 4 is 47.9 Å². The van der Waals surface area contributed by atoms with Crippen molar-refractivity contribution in [3.63, 3.8) is 0 Å². The monoisotopic (exact) mass is 670 g/mol. The fourth-order valence-electron chi connectivity index (χ4n) is 4.24. The number of anilines is 2. The predicted octanol–water partition coefficient (Wildman–Crippen LogP) is 6.33. The maximum atomic E-state index is 12.3. The first kappa shape index (κ1) is 38.5. The number of carbonyl (C=O) groups is 4. The normalized spacial score (nSPS) is 10.5. The van der Waals surface area contributed by atoms with Crippen LogP contribution in [0.1, 0.15) is 48.4 Å². The van der Waals surface area contributed by atoms with Crippen molar-refractivity contribution in [1.82, 2.24) is 9.80 Å². The summed E-state index contributed by atoms with van der Waals surface area (Å²) in [5.74, 6) is -0.431. The van der Waals surface area contributed by atoms with Crippen LogP contribution in [0.3, 0.4) is 0 Å². The molecular formula is C34H43ClN4O8. The minimum absolute atomic E-state index is 0. The summed E-state index contributed by atoms with van der Waals surface area (Å²) in [6.45, 7) is 13.7. The van der Waals surface area contributed by atoms with E-state index in [0.717, 1.165) is 26.2 Å². The second-order valence-electron chi connectivity index (χ2n) is 9.98. The molecule has 254 valence electrons. The lowest BCUT2D eigenvalue weighted by Crippen LogP contribution is -2.27. The molecule has 0 heterocycles. The lowest BCUT2D eigenvalue weighted by molar-refractivity contribution is 0.0457. The molecule has 0 aliphatic carbocycles. The van der Waals surface area contributed by atoms with Crippen LogP contribution in [-0.2, 0) is 9.47 Å². The van der Waals surface area contributed by atoms with E-state index < -0.39 is 24.1 Å². The van der Waals surface area contributed by atoms with Crippen LogP contribution >= 0.6 is 12.4 Å². The number of likely N-dealkylation sites (N-methyl/N-ethyl adjacent to an activating group) is 2. The molecule has 0 unspecified atom stereocenters. The zero-order valence-corrected chi connectivity index (χ0v) is 28.0. The van der Waals surface area contributed by atoms with Crippen LogP contribution in [0.15, 0.2) is 72.8 Å². The fraction of sp³-hybridized carbons (Fsp3) is 0.353. The van der Waals surface area contributed by atoms with Gasteiger partial charge in [-0.2, -0.15) is 0 Å². The molecule has 12 nitrogen and oxygen atoms in total. The highest BCUT2D eigenvalue weighted by molar-refractivity contribution is 5.92. The zero-order valence-electron chi connectivity index (χ0n) is 27.2. The molecule has 0 saturated carbocycles. The van der Waals surface area contributed by atoms with Crippen LogP contribution in [0.4, 0.5) is 21.0 Å². The smallest absolute Gasteiger partial charge is 0.417 e. The minimum Gasteiger partial charge on any atom is -0.461 e. The molecule has 2 amide bonds. The summed E-state index contributed by atoms with van der Waals surface area (Å²) in [5.41, 5.74) is 1.61. The maximum Gasteiger partial charge on any atom is 0.417 e. The summed E-state index contributed by atoms with van der Waals surface area (Å²) < 4.78 is 21.2. The summed E-state index contributed by atoms with van der Waals surface area (Å²) in [6, 6.07) is 18.4. The van der Waals surface area contributed by atoms with Crippen LogP contribution < -0.4 is 20.1 Å². The summed E-state index contributed by atoms with van der Waals surface area (Å²) in [7, 11) is 0. The van der Waals surface area contributed by atoms with Gasteiger partial charge in [0.1, 0.15) is 24.7 Å². The van der Waals surface area contributed by atoms with Crippen molar-refractivity contribution in [3.05, 3.63) is 83.9 Å². The molecule has 0 spiro atoms. The lowest BCUT2D eigenvalue weighted by Gasteiger charge is -2.17. The molecule has 0 atom stereocenters. The average Bonchev–Trinajstić information content (AvgIpc) is 3.06. The van der Waals surface area contributed by atoms with E-state index in [9.17, 15) is 19.2 Å². The van der Waals surface area contributed by atoms with E-state index in [4.69, 9.17) is 18.9 Å². The molecule has 0 saturated heterocycles. The highest BCUT2D eigenvalue weighted by Crippen LogP contribution is 2.20. The number of nitrogens with one attached hydrogen (secondary N) is 2. The maximum absolute atomic E-state index is 12.3. The number of hydrogen-bond donors (Lipinski definition) is 2. The molecule has 3 rings (SSSR count). The van der Waals surface area contributed by atoms with Gasteiger partial charge in [-0.15, -0.1) is 12.4 Å². The van der Waals surface area contributed by atoms with Crippen molar-refractivity contribution in [2.45, 2.75) is 27.7 Å². The topological polar surface area (TPSA) is 136 Å². The van der Waals surface area contributed by atoms with E-state index in [0.29, 0.717) is 48.8 Å². The van der Waals surface area contributed by atoms with Crippen molar-refractivity contribution in [2.75, 3.05) is 63.1 Å². The lowest BCUT2D eigenvalue weighted by atomic mass is 10.2. The first-order valence-corrected chi connectivity index (χ1v) is 15.3. The van der Waals surface area contributed by atoms with Crippen LogP contribution in [-0.4, -0.2) is 86.4 Å². The molecule has 3 aromatic carbocycles. The Morgan fingerprint density at radius 3 is 1.15 bits per heavy atom. The molecule has 2 N–H and O–H groups in total. The van der Waals surface area contributed by atoms with E-state index in [-0.39, 0.29) is 23.9 Å². The quantitative estimate of drug-likeness (QED) is 0.167. The molecule has 0 fully saturated rings. The molecule has 0 aliphatic rings. The number of hydrogen-bond acceptors (Lipinski definition) is 10. The van der Waals surface area contributed by atoms with E-state index in [2.05, 4.69) is 20.4 Å². The molecule has 0 bridgehead atoms. The second-order valence-corrected chi connectivity index (χ2v) is 9.98. The molecule has 0 radical (unpaired) electrons. The highest BCUT2D eigenvalue weighted by atomic mass is 35.5.